The molecule has 0 aromatic heterocycles. The van der Waals surface area contributed by atoms with Crippen LogP contribution < -0.4 is 0 Å². The van der Waals surface area contributed by atoms with Gasteiger partial charge in [-0.05, 0) is 16.7 Å². The quantitative estimate of drug-likeness (QED) is 0.708. The number of rotatable bonds is 9. The van der Waals surface area contributed by atoms with Crippen molar-refractivity contribution >= 4 is 0 Å². The first-order valence-electron chi connectivity index (χ1n) is 7.68. The van der Waals surface area contributed by atoms with Gasteiger partial charge in [0.15, 0.2) is 0 Å². The van der Waals surface area contributed by atoms with Crippen molar-refractivity contribution in [1.82, 2.24) is 4.90 Å². The van der Waals surface area contributed by atoms with Crippen LogP contribution in [0.5, 0.6) is 0 Å². The van der Waals surface area contributed by atoms with Crippen LogP contribution in [0.3, 0.4) is 0 Å². The largest absolute Gasteiger partial charge is 0.383 e. The predicted molar refractivity (Wildman–Crippen MR) is 90.9 cm³/mol. The summed E-state index contributed by atoms with van der Waals surface area (Å²) in [5.41, 5.74) is 3.82. The van der Waals surface area contributed by atoms with E-state index in [1.807, 2.05) is 6.07 Å². The van der Waals surface area contributed by atoms with Crippen molar-refractivity contribution < 1.29 is 9.47 Å². The Hall–Kier alpha value is -1.68. The molecule has 0 aliphatic rings. The fourth-order valence-electron chi connectivity index (χ4n) is 2.40. The van der Waals surface area contributed by atoms with Crippen molar-refractivity contribution in [1.29, 1.82) is 0 Å². The van der Waals surface area contributed by atoms with E-state index in [9.17, 15) is 0 Å². The van der Waals surface area contributed by atoms with Crippen LogP contribution in [0.4, 0.5) is 0 Å². The van der Waals surface area contributed by atoms with Crippen LogP contribution in [0.25, 0.3) is 11.1 Å². The smallest absolute Gasteiger partial charge is 0.0589 e. The highest BCUT2D eigenvalue weighted by atomic mass is 16.5. The lowest BCUT2D eigenvalue weighted by Crippen LogP contribution is -2.30. The highest BCUT2D eigenvalue weighted by Crippen LogP contribution is 2.19. The number of ether oxygens (including phenoxy) is 2. The van der Waals surface area contributed by atoms with Gasteiger partial charge in [-0.1, -0.05) is 54.6 Å². The van der Waals surface area contributed by atoms with Gasteiger partial charge in [-0.3, -0.25) is 4.90 Å². The first-order chi connectivity index (χ1) is 10.8. The molecular weight excluding hydrogens is 274 g/mol. The van der Waals surface area contributed by atoms with Gasteiger partial charge in [-0.15, -0.1) is 0 Å². The summed E-state index contributed by atoms with van der Waals surface area (Å²) in [5, 5.41) is 0. The molecule has 0 radical (unpaired) electrons. The molecule has 0 aliphatic carbocycles. The number of hydrogen-bond acceptors (Lipinski definition) is 3. The molecule has 0 heterocycles. The molecule has 2 rings (SSSR count). The lowest BCUT2D eigenvalue weighted by molar-refractivity contribution is 0.110. The Labute approximate surface area is 133 Å². The van der Waals surface area contributed by atoms with Gasteiger partial charge >= 0.3 is 0 Å². The van der Waals surface area contributed by atoms with E-state index in [1.54, 1.807) is 14.2 Å². The Bertz CT molecular complexity index is 517. The van der Waals surface area contributed by atoms with Crippen molar-refractivity contribution in [3.05, 3.63) is 60.2 Å². The molecule has 3 heteroatoms. The molecule has 0 unspecified atom stereocenters. The third-order valence-corrected chi connectivity index (χ3v) is 3.69. The normalized spacial score (nSPS) is 11.0. The van der Waals surface area contributed by atoms with Crippen LogP contribution in [-0.4, -0.2) is 45.4 Å². The molecular formula is C19H25NO2. The van der Waals surface area contributed by atoms with Crippen molar-refractivity contribution in [3.63, 3.8) is 0 Å². The van der Waals surface area contributed by atoms with E-state index in [2.05, 4.69) is 53.4 Å². The van der Waals surface area contributed by atoms with Gasteiger partial charge in [0.05, 0.1) is 13.2 Å². The molecule has 0 aliphatic heterocycles. The third-order valence-electron chi connectivity index (χ3n) is 3.69. The van der Waals surface area contributed by atoms with Gasteiger partial charge < -0.3 is 9.47 Å². The van der Waals surface area contributed by atoms with Crippen LogP contribution in [0.15, 0.2) is 54.6 Å². The minimum atomic E-state index is 0.742. The number of hydrogen-bond donors (Lipinski definition) is 0. The van der Waals surface area contributed by atoms with Crippen LogP contribution in [0.1, 0.15) is 5.56 Å². The summed E-state index contributed by atoms with van der Waals surface area (Å²) in [5.74, 6) is 0. The average Bonchev–Trinajstić information content (AvgIpc) is 2.58. The van der Waals surface area contributed by atoms with Crippen LogP contribution in [0, 0.1) is 0 Å². The SMILES string of the molecule is COCCN(CCOC)Cc1ccc(-c2ccccc2)cc1. The maximum atomic E-state index is 5.18. The van der Waals surface area contributed by atoms with Crippen molar-refractivity contribution in [3.8, 4) is 11.1 Å². The Morgan fingerprint density at radius 1 is 0.727 bits per heavy atom. The van der Waals surface area contributed by atoms with Gasteiger partial charge in [0.25, 0.3) is 0 Å². The fraction of sp³-hybridized carbons (Fsp3) is 0.368. The summed E-state index contributed by atoms with van der Waals surface area (Å²) in [6.45, 7) is 4.24. The summed E-state index contributed by atoms with van der Waals surface area (Å²) in [6.07, 6.45) is 0. The maximum Gasteiger partial charge on any atom is 0.0589 e. The zero-order chi connectivity index (χ0) is 15.6. The van der Waals surface area contributed by atoms with E-state index in [4.69, 9.17) is 9.47 Å². The van der Waals surface area contributed by atoms with Gasteiger partial charge in [-0.2, -0.15) is 0 Å². The van der Waals surface area contributed by atoms with Gasteiger partial charge in [0.1, 0.15) is 0 Å². The van der Waals surface area contributed by atoms with E-state index in [0.29, 0.717) is 0 Å². The van der Waals surface area contributed by atoms with Gasteiger partial charge in [0.2, 0.25) is 0 Å². The van der Waals surface area contributed by atoms with E-state index in [-0.39, 0.29) is 0 Å². The summed E-state index contributed by atoms with van der Waals surface area (Å²) in [6, 6.07) is 19.2. The molecule has 0 saturated heterocycles. The number of benzene rings is 2. The summed E-state index contributed by atoms with van der Waals surface area (Å²) < 4.78 is 10.4. The monoisotopic (exact) mass is 299 g/mol. The Kier molecular flexibility index (Phi) is 7.10. The summed E-state index contributed by atoms with van der Waals surface area (Å²) in [7, 11) is 3.48. The standard InChI is InChI=1S/C19H25NO2/c1-21-14-12-20(13-15-22-2)16-17-8-10-19(11-9-17)18-6-4-3-5-7-18/h3-11H,12-16H2,1-2H3. The van der Waals surface area contributed by atoms with Gasteiger partial charge in [0, 0.05) is 33.9 Å². The molecule has 0 saturated carbocycles. The average molecular weight is 299 g/mol. The molecule has 2 aromatic carbocycles. The molecule has 0 amide bonds. The molecule has 3 nitrogen and oxygen atoms in total. The summed E-state index contributed by atoms with van der Waals surface area (Å²) >= 11 is 0. The zero-order valence-electron chi connectivity index (χ0n) is 13.5. The van der Waals surface area contributed by atoms with Crippen LogP contribution >= 0.6 is 0 Å². The van der Waals surface area contributed by atoms with E-state index in [0.717, 1.165) is 32.8 Å². The number of nitrogens with zero attached hydrogens (tertiary/aromatic N) is 1. The second kappa shape index (κ2) is 9.36. The van der Waals surface area contributed by atoms with E-state index in [1.165, 1.54) is 16.7 Å². The second-order valence-corrected chi connectivity index (χ2v) is 5.32. The van der Waals surface area contributed by atoms with Crippen LogP contribution in [0.2, 0.25) is 0 Å². The molecule has 118 valence electrons. The predicted octanol–water partition coefficient (Wildman–Crippen LogP) is 3.45. The van der Waals surface area contributed by atoms with Crippen molar-refractivity contribution in [2.45, 2.75) is 6.54 Å². The highest BCUT2D eigenvalue weighted by molar-refractivity contribution is 5.63. The molecule has 0 N–H and O–H groups in total. The maximum absolute atomic E-state index is 5.18. The minimum Gasteiger partial charge on any atom is -0.383 e. The topological polar surface area (TPSA) is 21.7 Å². The Morgan fingerprint density at radius 3 is 1.82 bits per heavy atom. The van der Waals surface area contributed by atoms with Crippen molar-refractivity contribution in [2.75, 3.05) is 40.5 Å². The Balaban J connectivity index is 1.99. The minimum absolute atomic E-state index is 0.742. The lowest BCUT2D eigenvalue weighted by Gasteiger charge is -2.21. The van der Waals surface area contributed by atoms with Crippen LogP contribution in [-0.2, 0) is 16.0 Å². The zero-order valence-corrected chi connectivity index (χ0v) is 13.5. The first kappa shape index (κ1) is 16.7. The fourth-order valence-corrected chi connectivity index (χ4v) is 2.40. The third kappa shape index (κ3) is 5.26. The molecule has 0 bridgehead atoms. The molecule has 0 spiro atoms. The molecule has 2 aromatic rings. The Morgan fingerprint density at radius 2 is 1.27 bits per heavy atom. The van der Waals surface area contributed by atoms with Gasteiger partial charge in [-0.25, -0.2) is 0 Å². The molecule has 0 atom stereocenters. The van der Waals surface area contributed by atoms with E-state index < -0.39 is 0 Å². The van der Waals surface area contributed by atoms with Crippen molar-refractivity contribution in [2.24, 2.45) is 0 Å². The summed E-state index contributed by atoms with van der Waals surface area (Å²) in [4.78, 5) is 2.35. The second-order valence-electron chi connectivity index (χ2n) is 5.32. The van der Waals surface area contributed by atoms with E-state index >= 15 is 0 Å². The number of methoxy groups -OCH3 is 2. The first-order valence-corrected chi connectivity index (χ1v) is 7.68. The molecule has 0 fully saturated rings. The highest BCUT2D eigenvalue weighted by Gasteiger charge is 2.06. The lowest BCUT2D eigenvalue weighted by atomic mass is 10.0. The molecule has 22 heavy (non-hydrogen) atoms.